The first-order valence-corrected chi connectivity index (χ1v) is 8.34. The first kappa shape index (κ1) is 18.9. The lowest BCUT2D eigenvalue weighted by Crippen LogP contribution is -2.36. The summed E-state index contributed by atoms with van der Waals surface area (Å²) in [5, 5.41) is 1.68. The second kappa shape index (κ2) is 9.76. The lowest BCUT2D eigenvalue weighted by molar-refractivity contribution is -0.131. The number of amides is 1. The van der Waals surface area contributed by atoms with Gasteiger partial charge in [-0.2, -0.15) is 0 Å². The molecule has 1 aromatic heterocycles. The van der Waals surface area contributed by atoms with Gasteiger partial charge in [0.2, 0.25) is 5.91 Å². The minimum absolute atomic E-state index is 0.159. The van der Waals surface area contributed by atoms with E-state index in [1.54, 1.807) is 17.2 Å². The first-order valence-electron chi connectivity index (χ1n) is 7.02. The van der Waals surface area contributed by atoms with E-state index in [0.717, 1.165) is 6.42 Å². The van der Waals surface area contributed by atoms with Gasteiger partial charge in [-0.25, -0.2) is 9.78 Å². The van der Waals surface area contributed by atoms with Crippen molar-refractivity contribution in [3.05, 3.63) is 16.1 Å². The normalized spacial score (nSPS) is 12.0. The van der Waals surface area contributed by atoms with Crippen molar-refractivity contribution < 1.29 is 19.1 Å². The number of carbonyl (C=O) groups is 2. The summed E-state index contributed by atoms with van der Waals surface area (Å²) < 4.78 is 9.90. The van der Waals surface area contributed by atoms with Crippen molar-refractivity contribution in [3.8, 4) is 0 Å². The van der Waals surface area contributed by atoms with Gasteiger partial charge in [-0.05, 0) is 20.3 Å². The van der Waals surface area contributed by atoms with Gasteiger partial charge in [-0.15, -0.1) is 22.9 Å². The van der Waals surface area contributed by atoms with Crippen molar-refractivity contribution in [1.82, 2.24) is 9.88 Å². The molecule has 0 aliphatic rings. The van der Waals surface area contributed by atoms with Crippen molar-refractivity contribution in [2.75, 3.05) is 26.9 Å². The molecule has 0 fully saturated rings. The van der Waals surface area contributed by atoms with Crippen LogP contribution in [0.5, 0.6) is 0 Å². The summed E-state index contributed by atoms with van der Waals surface area (Å²) in [6, 6.07) is 0. The minimum atomic E-state index is -0.605. The zero-order chi connectivity index (χ0) is 16.5. The van der Waals surface area contributed by atoms with Gasteiger partial charge in [0, 0.05) is 25.1 Å². The fourth-order valence-electron chi connectivity index (χ4n) is 1.77. The molecular weight excluding hydrogens is 328 g/mol. The highest BCUT2D eigenvalue weighted by Crippen LogP contribution is 2.15. The van der Waals surface area contributed by atoms with Gasteiger partial charge in [-0.1, -0.05) is 0 Å². The van der Waals surface area contributed by atoms with Gasteiger partial charge >= 0.3 is 5.97 Å². The molecule has 22 heavy (non-hydrogen) atoms. The largest absolute Gasteiger partial charge is 0.464 e. The predicted octanol–water partition coefficient (Wildman–Crippen LogP) is 2.31. The number of halogens is 1. The predicted molar refractivity (Wildman–Crippen MR) is 85.3 cm³/mol. The van der Waals surface area contributed by atoms with Gasteiger partial charge < -0.3 is 14.4 Å². The van der Waals surface area contributed by atoms with Crippen LogP contribution in [0.25, 0.3) is 0 Å². The Morgan fingerprint density at radius 2 is 2.23 bits per heavy atom. The van der Waals surface area contributed by atoms with Crippen molar-refractivity contribution >= 4 is 34.8 Å². The molecule has 1 heterocycles. The van der Waals surface area contributed by atoms with Crippen LogP contribution in [-0.4, -0.2) is 54.0 Å². The summed E-state index contributed by atoms with van der Waals surface area (Å²) in [6.07, 6.45) is 0.721. The topological polar surface area (TPSA) is 68.7 Å². The van der Waals surface area contributed by atoms with E-state index in [1.165, 1.54) is 18.4 Å². The van der Waals surface area contributed by atoms with Crippen molar-refractivity contribution in [2.45, 2.75) is 32.2 Å². The van der Waals surface area contributed by atoms with Crippen molar-refractivity contribution in [2.24, 2.45) is 0 Å². The third kappa shape index (κ3) is 5.90. The molecular formula is C14H21ClN2O4S. The number of aromatic nitrogens is 1. The Morgan fingerprint density at radius 1 is 1.50 bits per heavy atom. The van der Waals surface area contributed by atoms with Crippen molar-refractivity contribution in [1.29, 1.82) is 0 Å². The Morgan fingerprint density at radius 3 is 2.82 bits per heavy atom. The Hall–Kier alpha value is -1.18. The zero-order valence-corrected chi connectivity index (χ0v) is 14.6. The van der Waals surface area contributed by atoms with Crippen LogP contribution in [0.1, 0.15) is 35.8 Å². The molecule has 0 saturated carbocycles. The Bertz CT molecular complexity index is 493. The molecule has 0 N–H and O–H groups in total. The van der Waals surface area contributed by atoms with Crippen LogP contribution < -0.4 is 0 Å². The van der Waals surface area contributed by atoms with Crippen molar-refractivity contribution in [3.63, 3.8) is 0 Å². The summed E-state index contributed by atoms with van der Waals surface area (Å²) in [5.41, 5.74) is 0.253. The summed E-state index contributed by atoms with van der Waals surface area (Å²) in [6.45, 7) is 5.65. The second-order valence-electron chi connectivity index (χ2n) is 4.54. The van der Waals surface area contributed by atoms with E-state index in [9.17, 15) is 9.59 Å². The molecule has 8 heteroatoms. The summed E-state index contributed by atoms with van der Waals surface area (Å²) >= 11 is 7.21. The molecule has 124 valence electrons. The van der Waals surface area contributed by atoms with Crippen LogP contribution in [0.15, 0.2) is 5.38 Å². The Balaban J connectivity index is 2.68. The van der Waals surface area contributed by atoms with Gasteiger partial charge in [0.1, 0.15) is 10.4 Å². The van der Waals surface area contributed by atoms with E-state index in [-0.39, 0.29) is 11.6 Å². The van der Waals surface area contributed by atoms with Crippen LogP contribution >= 0.6 is 22.9 Å². The third-order valence-electron chi connectivity index (χ3n) is 2.85. The molecule has 0 radical (unpaired) electrons. The van der Waals surface area contributed by atoms with Crippen LogP contribution in [0.3, 0.4) is 0 Å². The van der Waals surface area contributed by atoms with E-state index >= 15 is 0 Å². The fourth-order valence-corrected chi connectivity index (χ4v) is 2.68. The fraction of sp³-hybridized carbons (Fsp3) is 0.643. The number of rotatable bonds is 9. The lowest BCUT2D eigenvalue weighted by atomic mass is 10.3. The maximum Gasteiger partial charge on any atom is 0.357 e. The molecule has 1 rings (SSSR count). The average Bonchev–Trinajstić information content (AvgIpc) is 2.97. The molecule has 0 unspecified atom stereocenters. The summed E-state index contributed by atoms with van der Waals surface area (Å²) in [7, 11) is 1.31. The van der Waals surface area contributed by atoms with E-state index in [1.807, 2.05) is 6.92 Å². The molecule has 0 spiro atoms. The molecule has 0 aliphatic heterocycles. The average molecular weight is 349 g/mol. The minimum Gasteiger partial charge on any atom is -0.464 e. The van der Waals surface area contributed by atoms with E-state index < -0.39 is 11.3 Å². The molecule has 1 amide bonds. The highest BCUT2D eigenvalue weighted by Gasteiger charge is 2.20. The maximum atomic E-state index is 12.1. The molecule has 0 saturated heterocycles. The van der Waals surface area contributed by atoms with Crippen LogP contribution in [0.2, 0.25) is 0 Å². The highest BCUT2D eigenvalue weighted by atomic mass is 35.5. The second-order valence-corrected chi connectivity index (χ2v) is 6.14. The standard InChI is InChI=1S/C14H21ClN2O4S/c1-4-21-7-5-6-17(13(18)10(2)15)8-12-16-11(9-22-12)14(19)20-3/h9-10H,4-8H2,1-3H3/t10-/m1/s1. The number of carbonyl (C=O) groups excluding carboxylic acids is 2. The summed E-state index contributed by atoms with van der Waals surface area (Å²) in [4.78, 5) is 29.4. The molecule has 1 atom stereocenters. The number of thiazole rings is 1. The molecule has 6 nitrogen and oxygen atoms in total. The number of ether oxygens (including phenoxy) is 2. The highest BCUT2D eigenvalue weighted by molar-refractivity contribution is 7.09. The first-order chi connectivity index (χ1) is 10.5. The smallest absolute Gasteiger partial charge is 0.357 e. The quantitative estimate of drug-likeness (QED) is 0.389. The molecule has 0 aliphatic carbocycles. The van der Waals surface area contributed by atoms with Gasteiger partial charge in [0.15, 0.2) is 5.69 Å². The SMILES string of the molecule is CCOCCCN(Cc1nc(C(=O)OC)cs1)C(=O)[C@@H](C)Cl. The number of hydrogen-bond acceptors (Lipinski definition) is 6. The van der Waals surface area contributed by atoms with Gasteiger partial charge in [0.05, 0.1) is 13.7 Å². The molecule has 0 aromatic carbocycles. The number of hydrogen-bond donors (Lipinski definition) is 0. The summed E-state index contributed by atoms with van der Waals surface area (Å²) in [5.74, 6) is -0.643. The van der Waals surface area contributed by atoms with Gasteiger partial charge in [-0.3, -0.25) is 4.79 Å². The van der Waals surface area contributed by atoms with Crippen LogP contribution in [-0.2, 0) is 20.8 Å². The maximum absolute atomic E-state index is 12.1. The van der Waals surface area contributed by atoms with E-state index in [0.29, 0.717) is 31.3 Å². The number of esters is 1. The van der Waals surface area contributed by atoms with Crippen LogP contribution in [0.4, 0.5) is 0 Å². The molecule has 1 aromatic rings. The Labute approximate surface area is 139 Å². The van der Waals surface area contributed by atoms with E-state index in [4.69, 9.17) is 16.3 Å². The zero-order valence-electron chi connectivity index (χ0n) is 13.0. The number of methoxy groups -OCH3 is 1. The monoisotopic (exact) mass is 348 g/mol. The van der Waals surface area contributed by atoms with E-state index in [2.05, 4.69) is 9.72 Å². The lowest BCUT2D eigenvalue weighted by Gasteiger charge is -2.22. The third-order valence-corrected chi connectivity index (χ3v) is 3.87. The Kier molecular flexibility index (Phi) is 8.37. The number of nitrogens with zero attached hydrogens (tertiary/aromatic N) is 2. The number of alkyl halides is 1. The molecule has 0 bridgehead atoms. The van der Waals surface area contributed by atoms with Gasteiger partial charge in [0.25, 0.3) is 0 Å². The van der Waals surface area contributed by atoms with Crippen LogP contribution in [0, 0.1) is 0 Å².